The van der Waals surface area contributed by atoms with Crippen LogP contribution < -0.4 is 10.6 Å². The molecule has 2 heterocycles. The lowest BCUT2D eigenvalue weighted by Crippen LogP contribution is -2.36. The molecule has 2 aromatic rings. The predicted octanol–water partition coefficient (Wildman–Crippen LogP) is 2.17. The van der Waals surface area contributed by atoms with Gasteiger partial charge in [-0.05, 0) is 6.07 Å². The fourth-order valence-corrected chi connectivity index (χ4v) is 2.25. The molecule has 4 heteroatoms. The van der Waals surface area contributed by atoms with Crippen molar-refractivity contribution < 1.29 is 4.74 Å². The number of benzene rings is 1. The first-order chi connectivity index (χ1) is 9.33. The summed E-state index contributed by atoms with van der Waals surface area (Å²) in [7, 11) is 0. The molecular formula is C15H17N3O. The van der Waals surface area contributed by atoms with Crippen molar-refractivity contribution in [3.8, 4) is 11.3 Å². The summed E-state index contributed by atoms with van der Waals surface area (Å²) in [6, 6.07) is 14.0. The molecular weight excluding hydrogens is 238 g/mol. The van der Waals surface area contributed by atoms with Gasteiger partial charge in [0.25, 0.3) is 0 Å². The smallest absolute Gasteiger partial charge is 0.131 e. The van der Waals surface area contributed by atoms with Crippen LogP contribution in [0.4, 0.5) is 11.5 Å². The standard InChI is InChI=1S/C15H17N3O/c16-13-10-14(12-4-2-1-3-5-12)17-15(11-13)18-6-8-19-9-7-18/h1-5,10-11H,6-9H2,(H2,16,17). The van der Waals surface area contributed by atoms with E-state index in [1.54, 1.807) is 0 Å². The number of nitrogen functional groups attached to an aromatic ring is 1. The van der Waals surface area contributed by atoms with Crippen LogP contribution in [-0.2, 0) is 4.74 Å². The van der Waals surface area contributed by atoms with Crippen LogP contribution in [0, 0.1) is 0 Å². The molecule has 1 aliphatic heterocycles. The fraction of sp³-hybridized carbons (Fsp3) is 0.267. The zero-order valence-electron chi connectivity index (χ0n) is 10.7. The summed E-state index contributed by atoms with van der Waals surface area (Å²) in [6.07, 6.45) is 0. The summed E-state index contributed by atoms with van der Waals surface area (Å²) in [5.41, 5.74) is 8.76. The van der Waals surface area contributed by atoms with Crippen molar-refractivity contribution in [2.24, 2.45) is 0 Å². The molecule has 0 atom stereocenters. The van der Waals surface area contributed by atoms with Crippen molar-refractivity contribution in [1.29, 1.82) is 0 Å². The van der Waals surface area contributed by atoms with E-state index < -0.39 is 0 Å². The third-order valence-corrected chi connectivity index (χ3v) is 3.24. The first-order valence-corrected chi connectivity index (χ1v) is 6.48. The molecule has 1 saturated heterocycles. The normalized spacial score (nSPS) is 15.5. The van der Waals surface area contributed by atoms with Crippen LogP contribution in [-0.4, -0.2) is 31.3 Å². The summed E-state index contributed by atoms with van der Waals surface area (Å²) in [5.74, 6) is 0.933. The number of ether oxygens (including phenoxy) is 1. The Morgan fingerprint density at radius 3 is 2.53 bits per heavy atom. The molecule has 98 valence electrons. The maximum Gasteiger partial charge on any atom is 0.131 e. The molecule has 0 spiro atoms. The van der Waals surface area contributed by atoms with Crippen molar-refractivity contribution >= 4 is 11.5 Å². The first-order valence-electron chi connectivity index (χ1n) is 6.48. The lowest BCUT2D eigenvalue weighted by molar-refractivity contribution is 0.122. The summed E-state index contributed by atoms with van der Waals surface area (Å²) in [4.78, 5) is 6.93. The quantitative estimate of drug-likeness (QED) is 0.893. The maximum atomic E-state index is 6.01. The number of rotatable bonds is 2. The summed E-state index contributed by atoms with van der Waals surface area (Å²) in [6.45, 7) is 3.23. The Bertz CT molecular complexity index is 551. The van der Waals surface area contributed by atoms with Gasteiger partial charge in [0.15, 0.2) is 0 Å². The van der Waals surface area contributed by atoms with E-state index in [0.29, 0.717) is 0 Å². The fourth-order valence-electron chi connectivity index (χ4n) is 2.25. The molecule has 0 saturated carbocycles. The molecule has 3 rings (SSSR count). The molecule has 1 fully saturated rings. The van der Waals surface area contributed by atoms with E-state index in [1.807, 2.05) is 42.5 Å². The molecule has 19 heavy (non-hydrogen) atoms. The topological polar surface area (TPSA) is 51.4 Å². The molecule has 2 N–H and O–H groups in total. The third-order valence-electron chi connectivity index (χ3n) is 3.24. The van der Waals surface area contributed by atoms with Gasteiger partial charge < -0.3 is 15.4 Å². The minimum absolute atomic E-state index is 0.746. The van der Waals surface area contributed by atoms with Crippen LogP contribution in [0.2, 0.25) is 0 Å². The van der Waals surface area contributed by atoms with Crippen molar-refractivity contribution in [3.05, 3.63) is 42.5 Å². The van der Waals surface area contributed by atoms with Crippen molar-refractivity contribution in [2.45, 2.75) is 0 Å². The van der Waals surface area contributed by atoms with Gasteiger partial charge in [0.2, 0.25) is 0 Å². The van der Waals surface area contributed by atoms with E-state index in [9.17, 15) is 0 Å². The molecule has 0 unspecified atom stereocenters. The largest absolute Gasteiger partial charge is 0.399 e. The number of nitrogens with two attached hydrogens (primary N) is 1. The Kier molecular flexibility index (Phi) is 3.33. The first kappa shape index (κ1) is 12.0. The zero-order chi connectivity index (χ0) is 13.1. The van der Waals surface area contributed by atoms with Gasteiger partial charge in [0.05, 0.1) is 18.9 Å². The SMILES string of the molecule is Nc1cc(-c2ccccc2)nc(N2CCOCC2)c1. The van der Waals surface area contributed by atoms with Crippen LogP contribution in [0.25, 0.3) is 11.3 Å². The average Bonchev–Trinajstić information content (AvgIpc) is 2.48. The molecule has 4 nitrogen and oxygen atoms in total. The maximum absolute atomic E-state index is 6.01. The van der Waals surface area contributed by atoms with Gasteiger partial charge >= 0.3 is 0 Å². The summed E-state index contributed by atoms with van der Waals surface area (Å²) in [5, 5.41) is 0. The number of nitrogens with zero attached hydrogens (tertiary/aromatic N) is 2. The van der Waals surface area contributed by atoms with Crippen LogP contribution >= 0.6 is 0 Å². The van der Waals surface area contributed by atoms with Gasteiger partial charge in [-0.15, -0.1) is 0 Å². The Hall–Kier alpha value is -2.07. The van der Waals surface area contributed by atoms with E-state index >= 15 is 0 Å². The highest BCUT2D eigenvalue weighted by Gasteiger charge is 2.14. The third kappa shape index (κ3) is 2.69. The van der Waals surface area contributed by atoms with Gasteiger partial charge in [0, 0.05) is 30.4 Å². The Morgan fingerprint density at radius 1 is 1.05 bits per heavy atom. The number of aromatic nitrogens is 1. The highest BCUT2D eigenvalue weighted by molar-refractivity contribution is 5.67. The lowest BCUT2D eigenvalue weighted by Gasteiger charge is -2.28. The van der Waals surface area contributed by atoms with Crippen LogP contribution in [0.5, 0.6) is 0 Å². The second kappa shape index (κ2) is 5.28. The van der Waals surface area contributed by atoms with E-state index in [-0.39, 0.29) is 0 Å². The molecule has 0 radical (unpaired) electrons. The number of morpholine rings is 1. The number of anilines is 2. The van der Waals surface area contributed by atoms with Gasteiger partial charge in [-0.3, -0.25) is 0 Å². The van der Waals surface area contributed by atoms with E-state index in [1.165, 1.54) is 0 Å². The predicted molar refractivity (Wildman–Crippen MR) is 77.1 cm³/mol. The van der Waals surface area contributed by atoms with Crippen molar-refractivity contribution in [1.82, 2.24) is 4.98 Å². The van der Waals surface area contributed by atoms with Crippen LogP contribution in [0.1, 0.15) is 0 Å². The molecule has 0 bridgehead atoms. The Labute approximate surface area is 112 Å². The summed E-state index contributed by atoms with van der Waals surface area (Å²) >= 11 is 0. The van der Waals surface area contributed by atoms with Gasteiger partial charge in [-0.2, -0.15) is 0 Å². The zero-order valence-corrected chi connectivity index (χ0v) is 10.7. The van der Waals surface area contributed by atoms with E-state index in [0.717, 1.165) is 49.1 Å². The highest BCUT2D eigenvalue weighted by Crippen LogP contribution is 2.24. The van der Waals surface area contributed by atoms with E-state index in [2.05, 4.69) is 4.90 Å². The van der Waals surface area contributed by atoms with Crippen molar-refractivity contribution in [3.63, 3.8) is 0 Å². The second-order valence-corrected chi connectivity index (χ2v) is 4.61. The van der Waals surface area contributed by atoms with Crippen LogP contribution in [0.3, 0.4) is 0 Å². The monoisotopic (exact) mass is 255 g/mol. The number of pyridine rings is 1. The van der Waals surface area contributed by atoms with Crippen LogP contribution in [0.15, 0.2) is 42.5 Å². The Balaban J connectivity index is 1.96. The minimum Gasteiger partial charge on any atom is -0.399 e. The number of hydrogen-bond acceptors (Lipinski definition) is 4. The van der Waals surface area contributed by atoms with Gasteiger partial charge in [-0.1, -0.05) is 30.3 Å². The lowest BCUT2D eigenvalue weighted by atomic mass is 10.1. The summed E-state index contributed by atoms with van der Waals surface area (Å²) < 4.78 is 5.37. The second-order valence-electron chi connectivity index (χ2n) is 4.61. The molecule has 1 aromatic heterocycles. The molecule has 0 aliphatic carbocycles. The average molecular weight is 255 g/mol. The molecule has 0 amide bonds. The Morgan fingerprint density at radius 2 is 1.79 bits per heavy atom. The number of hydrogen-bond donors (Lipinski definition) is 1. The highest BCUT2D eigenvalue weighted by atomic mass is 16.5. The van der Waals surface area contributed by atoms with Gasteiger partial charge in [-0.25, -0.2) is 4.98 Å². The van der Waals surface area contributed by atoms with Crippen molar-refractivity contribution in [2.75, 3.05) is 36.9 Å². The van der Waals surface area contributed by atoms with Gasteiger partial charge in [0.1, 0.15) is 5.82 Å². The molecule has 1 aromatic carbocycles. The van der Waals surface area contributed by atoms with E-state index in [4.69, 9.17) is 15.5 Å². The molecule has 1 aliphatic rings. The minimum atomic E-state index is 0.746.